The molecule has 2 rings (SSSR count). The zero-order valence-electron chi connectivity index (χ0n) is 10.1. The lowest BCUT2D eigenvalue weighted by atomic mass is 9.80. The van der Waals surface area contributed by atoms with E-state index in [1.54, 1.807) is 31.2 Å². The van der Waals surface area contributed by atoms with E-state index in [4.69, 9.17) is 0 Å². The van der Waals surface area contributed by atoms with Crippen molar-refractivity contribution in [1.82, 2.24) is 5.32 Å². The third-order valence-electron chi connectivity index (χ3n) is 3.67. The molecule has 0 aromatic heterocycles. The minimum Gasteiger partial charge on any atom is -0.316 e. The topological polar surface area (TPSA) is 29.1 Å². The molecule has 1 saturated heterocycles. The van der Waals surface area contributed by atoms with Crippen LogP contribution < -0.4 is 5.32 Å². The number of rotatable bonds is 3. The summed E-state index contributed by atoms with van der Waals surface area (Å²) in [5, 5.41) is 3.24. The number of piperidine rings is 1. The van der Waals surface area contributed by atoms with E-state index in [2.05, 4.69) is 5.32 Å². The molecule has 0 bridgehead atoms. The molecule has 17 heavy (non-hydrogen) atoms. The Labute approximate surface area is 101 Å². The lowest BCUT2D eigenvalue weighted by Crippen LogP contribution is -2.39. The van der Waals surface area contributed by atoms with Crippen LogP contribution in [0.4, 0.5) is 4.39 Å². The summed E-state index contributed by atoms with van der Waals surface area (Å²) in [7, 11) is 0. The van der Waals surface area contributed by atoms with Crippen molar-refractivity contribution in [2.45, 2.75) is 25.4 Å². The van der Waals surface area contributed by atoms with Gasteiger partial charge in [-0.2, -0.15) is 0 Å². The summed E-state index contributed by atoms with van der Waals surface area (Å²) in [5.74, 6) is 0.0123. The van der Waals surface area contributed by atoms with Crippen molar-refractivity contribution in [3.63, 3.8) is 0 Å². The van der Waals surface area contributed by atoms with E-state index in [1.165, 1.54) is 0 Å². The molecular formula is C14H18FNO. The highest BCUT2D eigenvalue weighted by atomic mass is 19.1. The smallest absolute Gasteiger partial charge is 0.150 e. The molecule has 3 heteroatoms. The molecule has 92 valence electrons. The number of alkyl halides is 1. The monoisotopic (exact) mass is 235 g/mol. The summed E-state index contributed by atoms with van der Waals surface area (Å²) in [6, 6.07) is 6.80. The standard InChI is InChI=1S/C14H18FNO/c1-14(15,13-3-2-8-16-9-13)12-6-4-11(10-17)5-7-12/h4-7,10,13,16H,2-3,8-9H2,1H3. The maximum absolute atomic E-state index is 14.8. The van der Waals surface area contributed by atoms with Crippen molar-refractivity contribution < 1.29 is 9.18 Å². The van der Waals surface area contributed by atoms with E-state index in [0.717, 1.165) is 32.2 Å². The summed E-state index contributed by atoms with van der Waals surface area (Å²) in [5.41, 5.74) is -0.0717. The number of carbonyl (C=O) groups excluding carboxylic acids is 1. The molecule has 1 aliphatic heterocycles. The van der Waals surface area contributed by atoms with Gasteiger partial charge in [-0.05, 0) is 31.9 Å². The van der Waals surface area contributed by atoms with Crippen LogP contribution in [0, 0.1) is 5.92 Å². The number of halogens is 1. The van der Waals surface area contributed by atoms with Gasteiger partial charge in [0.1, 0.15) is 12.0 Å². The first kappa shape index (κ1) is 12.2. The molecule has 2 unspecified atom stereocenters. The van der Waals surface area contributed by atoms with Gasteiger partial charge < -0.3 is 5.32 Å². The molecule has 1 fully saturated rings. The summed E-state index contributed by atoms with van der Waals surface area (Å²) >= 11 is 0. The van der Waals surface area contributed by atoms with Gasteiger partial charge >= 0.3 is 0 Å². The average molecular weight is 235 g/mol. The average Bonchev–Trinajstić information content (AvgIpc) is 2.40. The van der Waals surface area contributed by atoms with Crippen LogP contribution in [-0.2, 0) is 5.67 Å². The van der Waals surface area contributed by atoms with Gasteiger partial charge in [0.2, 0.25) is 0 Å². The molecular weight excluding hydrogens is 217 g/mol. The second kappa shape index (κ2) is 4.96. The Bertz CT molecular complexity index is 380. The summed E-state index contributed by atoms with van der Waals surface area (Å²) in [4.78, 5) is 10.6. The van der Waals surface area contributed by atoms with Gasteiger partial charge in [-0.3, -0.25) is 4.79 Å². The lowest BCUT2D eigenvalue weighted by Gasteiger charge is -2.34. The van der Waals surface area contributed by atoms with E-state index in [1.807, 2.05) is 0 Å². The minimum absolute atomic E-state index is 0.0123. The molecule has 1 aromatic rings. The maximum Gasteiger partial charge on any atom is 0.150 e. The maximum atomic E-state index is 14.8. The normalized spacial score (nSPS) is 24.0. The van der Waals surface area contributed by atoms with Gasteiger partial charge in [0.15, 0.2) is 0 Å². The molecule has 0 saturated carbocycles. The largest absolute Gasteiger partial charge is 0.316 e. The fourth-order valence-electron chi connectivity index (χ4n) is 2.44. The van der Waals surface area contributed by atoms with Crippen LogP contribution in [0.5, 0.6) is 0 Å². The van der Waals surface area contributed by atoms with E-state index in [9.17, 15) is 9.18 Å². The fourth-order valence-corrected chi connectivity index (χ4v) is 2.44. The molecule has 0 amide bonds. The van der Waals surface area contributed by atoms with Crippen LogP contribution in [0.15, 0.2) is 24.3 Å². The lowest BCUT2D eigenvalue weighted by molar-refractivity contribution is 0.0811. The molecule has 1 aliphatic rings. The number of hydrogen-bond acceptors (Lipinski definition) is 2. The Morgan fingerprint density at radius 1 is 1.41 bits per heavy atom. The van der Waals surface area contributed by atoms with Crippen molar-refractivity contribution in [3.05, 3.63) is 35.4 Å². The molecule has 0 aliphatic carbocycles. The number of benzene rings is 1. The fraction of sp³-hybridized carbons (Fsp3) is 0.500. The van der Waals surface area contributed by atoms with Crippen molar-refractivity contribution in [1.29, 1.82) is 0 Å². The van der Waals surface area contributed by atoms with Crippen LogP contribution in [0.1, 0.15) is 35.7 Å². The quantitative estimate of drug-likeness (QED) is 0.816. The van der Waals surface area contributed by atoms with Crippen LogP contribution in [0.2, 0.25) is 0 Å². The van der Waals surface area contributed by atoms with Crippen LogP contribution in [0.3, 0.4) is 0 Å². The SMILES string of the molecule is CC(F)(c1ccc(C=O)cc1)C1CCCNC1. The third-order valence-corrected chi connectivity index (χ3v) is 3.67. The molecule has 0 spiro atoms. The molecule has 2 nitrogen and oxygen atoms in total. The molecule has 1 N–H and O–H groups in total. The second-order valence-electron chi connectivity index (χ2n) is 4.86. The molecule has 2 atom stereocenters. The Morgan fingerprint density at radius 3 is 2.65 bits per heavy atom. The van der Waals surface area contributed by atoms with Crippen molar-refractivity contribution in [2.24, 2.45) is 5.92 Å². The number of carbonyl (C=O) groups is 1. The summed E-state index contributed by atoms with van der Waals surface area (Å²) in [6.45, 7) is 3.35. The first-order chi connectivity index (χ1) is 8.14. The number of nitrogens with one attached hydrogen (secondary N) is 1. The summed E-state index contributed by atoms with van der Waals surface area (Å²) in [6.07, 6.45) is 2.72. The second-order valence-corrected chi connectivity index (χ2v) is 4.86. The predicted molar refractivity (Wildman–Crippen MR) is 65.9 cm³/mol. The van der Waals surface area contributed by atoms with Gasteiger partial charge in [-0.15, -0.1) is 0 Å². The Hall–Kier alpha value is -1.22. The van der Waals surface area contributed by atoms with Gasteiger partial charge in [-0.25, -0.2) is 4.39 Å². The van der Waals surface area contributed by atoms with Gasteiger partial charge in [0.05, 0.1) is 0 Å². The van der Waals surface area contributed by atoms with E-state index in [0.29, 0.717) is 11.1 Å². The van der Waals surface area contributed by atoms with Crippen molar-refractivity contribution >= 4 is 6.29 Å². The zero-order valence-corrected chi connectivity index (χ0v) is 10.1. The highest BCUT2D eigenvalue weighted by molar-refractivity contribution is 5.74. The van der Waals surface area contributed by atoms with E-state index >= 15 is 0 Å². The van der Waals surface area contributed by atoms with Gasteiger partial charge in [0, 0.05) is 18.0 Å². The zero-order chi connectivity index (χ0) is 12.3. The Morgan fingerprint density at radius 2 is 2.12 bits per heavy atom. The number of hydrogen-bond donors (Lipinski definition) is 1. The van der Waals surface area contributed by atoms with Crippen LogP contribution in [-0.4, -0.2) is 19.4 Å². The van der Waals surface area contributed by atoms with Gasteiger partial charge in [0.25, 0.3) is 0 Å². The van der Waals surface area contributed by atoms with E-state index in [-0.39, 0.29) is 5.92 Å². The molecule has 0 radical (unpaired) electrons. The van der Waals surface area contributed by atoms with Crippen molar-refractivity contribution in [3.8, 4) is 0 Å². The molecule has 1 aromatic carbocycles. The molecule has 1 heterocycles. The Balaban J connectivity index is 2.19. The predicted octanol–water partition coefficient (Wildman–Crippen LogP) is 2.68. The van der Waals surface area contributed by atoms with Crippen LogP contribution >= 0.6 is 0 Å². The first-order valence-electron chi connectivity index (χ1n) is 6.10. The minimum atomic E-state index is -1.32. The van der Waals surface area contributed by atoms with E-state index < -0.39 is 5.67 Å². The summed E-state index contributed by atoms with van der Waals surface area (Å²) < 4.78 is 14.8. The number of aldehydes is 1. The first-order valence-corrected chi connectivity index (χ1v) is 6.10. The van der Waals surface area contributed by atoms with Gasteiger partial charge in [-0.1, -0.05) is 24.3 Å². The Kier molecular flexibility index (Phi) is 3.57. The van der Waals surface area contributed by atoms with Crippen LogP contribution in [0.25, 0.3) is 0 Å². The third kappa shape index (κ3) is 2.55. The highest BCUT2D eigenvalue weighted by Crippen LogP contribution is 2.37. The highest BCUT2D eigenvalue weighted by Gasteiger charge is 2.36. The van der Waals surface area contributed by atoms with Crippen molar-refractivity contribution in [2.75, 3.05) is 13.1 Å².